The van der Waals surface area contributed by atoms with Crippen LogP contribution in [0.25, 0.3) is 22.3 Å². The van der Waals surface area contributed by atoms with Gasteiger partial charge in [-0.3, -0.25) is 9.59 Å². The summed E-state index contributed by atoms with van der Waals surface area (Å²) in [5, 5.41) is 23.9. The molecule has 3 aliphatic rings. The lowest BCUT2D eigenvalue weighted by atomic mass is 9.80. The quantitative estimate of drug-likeness (QED) is 0.296. The standard InChI is InChI=1S/C30H30F3N3O6/c1-4-30(41)17-9-21-24-15(11-36(21)25(38)16(17)12-42-28(30)40)23-19(35-27(39)29(3,7-8-37)26(32)33)6-5-14-13(2)18(31)10-20(34-24)22(14)23/h9-10,19,26,37,41H,4-8,11-12H2,1-3H3,(H,35,39). The fraction of sp³-hybridized carbons (Fsp3) is 0.467. The van der Waals surface area contributed by atoms with Gasteiger partial charge in [0, 0.05) is 29.2 Å². The summed E-state index contributed by atoms with van der Waals surface area (Å²) in [6.45, 7) is 3.45. The molecule has 4 heterocycles. The summed E-state index contributed by atoms with van der Waals surface area (Å²) >= 11 is 0. The number of cyclic esters (lactones) is 1. The zero-order valence-corrected chi connectivity index (χ0v) is 23.3. The average Bonchev–Trinajstić information content (AvgIpc) is 3.33. The predicted molar refractivity (Wildman–Crippen MR) is 144 cm³/mol. The number of benzene rings is 1. The Kier molecular flexibility index (Phi) is 6.50. The fourth-order valence-corrected chi connectivity index (χ4v) is 6.58. The number of pyridine rings is 2. The minimum Gasteiger partial charge on any atom is -0.458 e. The molecule has 2 aromatic heterocycles. The second kappa shape index (κ2) is 9.63. The van der Waals surface area contributed by atoms with Gasteiger partial charge in [-0.05, 0) is 62.3 Å². The Morgan fingerprint density at radius 1 is 1.29 bits per heavy atom. The minimum atomic E-state index is -3.03. The Hall–Kier alpha value is -3.77. The molecule has 1 aliphatic carbocycles. The highest BCUT2D eigenvalue weighted by molar-refractivity contribution is 5.94. The Bertz CT molecular complexity index is 1760. The van der Waals surface area contributed by atoms with Gasteiger partial charge in [0.05, 0.1) is 35.1 Å². The first-order valence-corrected chi connectivity index (χ1v) is 13.9. The van der Waals surface area contributed by atoms with Gasteiger partial charge in [0.15, 0.2) is 5.60 Å². The van der Waals surface area contributed by atoms with Crippen LogP contribution in [-0.4, -0.2) is 44.7 Å². The average molecular weight is 586 g/mol. The molecule has 222 valence electrons. The maximum atomic E-state index is 15.1. The Morgan fingerprint density at radius 3 is 2.69 bits per heavy atom. The zero-order chi connectivity index (χ0) is 30.3. The van der Waals surface area contributed by atoms with Crippen LogP contribution in [0.2, 0.25) is 0 Å². The molecule has 3 N–H and O–H groups in total. The summed E-state index contributed by atoms with van der Waals surface area (Å²) in [5.74, 6) is -2.27. The number of nitrogens with one attached hydrogen (secondary N) is 1. The van der Waals surface area contributed by atoms with Crippen LogP contribution in [0.1, 0.15) is 72.5 Å². The zero-order valence-electron chi connectivity index (χ0n) is 23.3. The van der Waals surface area contributed by atoms with Crippen molar-refractivity contribution in [3.63, 3.8) is 0 Å². The Labute approximate surface area is 238 Å². The highest BCUT2D eigenvalue weighted by atomic mass is 19.3. The normalized spacial score (nSPS) is 21.9. The lowest BCUT2D eigenvalue weighted by Crippen LogP contribution is -2.46. The summed E-state index contributed by atoms with van der Waals surface area (Å²) in [6.07, 6.45) is -2.87. The van der Waals surface area contributed by atoms with E-state index in [1.807, 2.05) is 0 Å². The number of aryl methyl sites for hydroxylation is 1. The fourth-order valence-electron chi connectivity index (χ4n) is 6.58. The number of aliphatic hydroxyl groups excluding tert-OH is 1. The van der Waals surface area contributed by atoms with Crippen LogP contribution < -0.4 is 10.9 Å². The summed E-state index contributed by atoms with van der Waals surface area (Å²) in [6, 6.07) is 2.05. The van der Waals surface area contributed by atoms with Crippen molar-refractivity contribution in [2.75, 3.05) is 6.61 Å². The van der Waals surface area contributed by atoms with Crippen molar-refractivity contribution < 1.29 is 37.7 Å². The molecular formula is C30H30F3N3O6. The van der Waals surface area contributed by atoms with E-state index in [4.69, 9.17) is 9.72 Å². The molecule has 3 aromatic rings. The van der Waals surface area contributed by atoms with Crippen LogP contribution in [-0.2, 0) is 39.5 Å². The number of fused-ring (bicyclic) bond motifs is 5. The molecule has 1 aromatic carbocycles. The molecular weight excluding hydrogens is 555 g/mol. The van der Waals surface area contributed by atoms with Crippen molar-refractivity contribution in [2.45, 2.75) is 77.7 Å². The third kappa shape index (κ3) is 3.77. The molecule has 9 nitrogen and oxygen atoms in total. The third-order valence-electron chi connectivity index (χ3n) is 9.31. The molecule has 0 bridgehead atoms. The molecule has 0 saturated heterocycles. The number of halogens is 3. The monoisotopic (exact) mass is 585 g/mol. The molecule has 3 unspecified atom stereocenters. The van der Waals surface area contributed by atoms with E-state index >= 15 is 4.39 Å². The van der Waals surface area contributed by atoms with Gasteiger partial charge in [0.2, 0.25) is 5.91 Å². The Morgan fingerprint density at radius 2 is 2.02 bits per heavy atom. The molecule has 2 aliphatic heterocycles. The molecule has 42 heavy (non-hydrogen) atoms. The van der Waals surface area contributed by atoms with E-state index in [2.05, 4.69) is 5.32 Å². The smallest absolute Gasteiger partial charge is 0.343 e. The van der Waals surface area contributed by atoms with Crippen molar-refractivity contribution >= 4 is 22.8 Å². The first-order chi connectivity index (χ1) is 19.9. The summed E-state index contributed by atoms with van der Waals surface area (Å²) in [7, 11) is 0. The van der Waals surface area contributed by atoms with Crippen LogP contribution in [0.3, 0.4) is 0 Å². The number of esters is 1. The van der Waals surface area contributed by atoms with E-state index in [9.17, 15) is 33.4 Å². The number of nitrogens with zero attached hydrogens (tertiary/aromatic N) is 2. The van der Waals surface area contributed by atoms with E-state index < -0.39 is 59.8 Å². The summed E-state index contributed by atoms with van der Waals surface area (Å²) in [4.78, 5) is 44.3. The van der Waals surface area contributed by atoms with Crippen LogP contribution in [0.15, 0.2) is 16.9 Å². The van der Waals surface area contributed by atoms with Gasteiger partial charge in [-0.1, -0.05) is 6.92 Å². The van der Waals surface area contributed by atoms with Gasteiger partial charge in [-0.15, -0.1) is 0 Å². The van der Waals surface area contributed by atoms with Gasteiger partial charge in [-0.2, -0.15) is 0 Å². The van der Waals surface area contributed by atoms with Gasteiger partial charge in [0.1, 0.15) is 17.8 Å². The Balaban J connectivity index is 1.58. The third-order valence-corrected chi connectivity index (χ3v) is 9.31. The van der Waals surface area contributed by atoms with E-state index in [1.165, 1.54) is 16.7 Å². The topological polar surface area (TPSA) is 131 Å². The van der Waals surface area contributed by atoms with Gasteiger partial charge in [0.25, 0.3) is 12.0 Å². The van der Waals surface area contributed by atoms with Crippen molar-refractivity contribution in [3.8, 4) is 11.4 Å². The molecule has 12 heteroatoms. The molecule has 6 rings (SSSR count). The number of rotatable bonds is 6. The number of carbonyl (C=O) groups excluding carboxylic acids is 2. The maximum Gasteiger partial charge on any atom is 0.343 e. The molecule has 3 atom stereocenters. The van der Waals surface area contributed by atoms with E-state index in [0.29, 0.717) is 45.4 Å². The number of hydrogen-bond acceptors (Lipinski definition) is 7. The van der Waals surface area contributed by atoms with Crippen molar-refractivity contribution in [3.05, 3.63) is 61.7 Å². The number of carbonyl (C=O) groups is 2. The number of ether oxygens (including phenoxy) is 1. The molecule has 1 amide bonds. The SMILES string of the molecule is CCC1(O)C(=O)OCc2c1cc1n(c2=O)Cc2c-1nc1cc(F)c(C)c3c1c2C(NC(=O)C(C)(CCO)C(F)F)CC3. The molecule has 0 fully saturated rings. The van der Waals surface area contributed by atoms with E-state index in [0.717, 1.165) is 6.92 Å². The van der Waals surface area contributed by atoms with Crippen molar-refractivity contribution in [2.24, 2.45) is 5.41 Å². The first-order valence-electron chi connectivity index (χ1n) is 13.9. The minimum absolute atomic E-state index is 0.0263. The number of amides is 1. The van der Waals surface area contributed by atoms with Crippen LogP contribution in [0.5, 0.6) is 0 Å². The number of hydrogen-bond donors (Lipinski definition) is 3. The number of aromatic nitrogens is 2. The number of aliphatic hydroxyl groups is 2. The van der Waals surface area contributed by atoms with Crippen molar-refractivity contribution in [1.29, 1.82) is 0 Å². The second-order valence-electron chi connectivity index (χ2n) is 11.6. The van der Waals surface area contributed by atoms with Crippen LogP contribution >= 0.6 is 0 Å². The molecule has 0 radical (unpaired) electrons. The van der Waals surface area contributed by atoms with Gasteiger partial charge >= 0.3 is 5.97 Å². The lowest BCUT2D eigenvalue weighted by Gasteiger charge is -2.33. The summed E-state index contributed by atoms with van der Waals surface area (Å²) < 4.78 is 49.7. The highest BCUT2D eigenvalue weighted by Crippen LogP contribution is 2.46. The van der Waals surface area contributed by atoms with Crippen LogP contribution in [0, 0.1) is 18.2 Å². The largest absolute Gasteiger partial charge is 0.458 e. The van der Waals surface area contributed by atoms with Crippen molar-refractivity contribution in [1.82, 2.24) is 14.9 Å². The summed E-state index contributed by atoms with van der Waals surface area (Å²) in [5.41, 5.74) is -1.26. The van der Waals surface area contributed by atoms with Gasteiger partial charge < -0.3 is 24.8 Å². The van der Waals surface area contributed by atoms with E-state index in [-0.39, 0.29) is 42.6 Å². The maximum absolute atomic E-state index is 15.1. The molecule has 0 spiro atoms. The number of alkyl halides is 2. The lowest BCUT2D eigenvalue weighted by molar-refractivity contribution is -0.172. The second-order valence-corrected chi connectivity index (χ2v) is 11.6. The molecule has 0 saturated carbocycles. The van der Waals surface area contributed by atoms with Crippen LogP contribution in [0.4, 0.5) is 13.2 Å². The predicted octanol–water partition coefficient (Wildman–Crippen LogP) is 3.28. The van der Waals surface area contributed by atoms with E-state index in [1.54, 1.807) is 13.8 Å². The van der Waals surface area contributed by atoms with Gasteiger partial charge in [-0.25, -0.2) is 22.9 Å². The first kappa shape index (κ1) is 28.4. The highest BCUT2D eigenvalue weighted by Gasteiger charge is 2.47.